The Morgan fingerprint density at radius 2 is 1.70 bits per heavy atom. The van der Waals surface area contributed by atoms with E-state index in [4.69, 9.17) is 10.2 Å². The number of carboxylic acid groups (broad SMARTS) is 2. The number of benzene rings is 2. The minimum absolute atomic E-state index is 0.225. The van der Waals surface area contributed by atoms with E-state index >= 15 is 0 Å². The smallest absolute Gasteiger partial charge is 0.328 e. The maximum Gasteiger partial charge on any atom is 0.328 e. The second-order valence-electron chi connectivity index (χ2n) is 5.60. The largest absolute Gasteiger partial charge is 0.508 e. The highest BCUT2D eigenvalue weighted by molar-refractivity contribution is 7.99. The predicted molar refractivity (Wildman–Crippen MR) is 100 cm³/mol. The molecule has 0 unspecified atom stereocenters. The van der Waals surface area contributed by atoms with Crippen molar-refractivity contribution in [3.8, 4) is 5.75 Å². The lowest BCUT2D eigenvalue weighted by Gasteiger charge is -2.14. The summed E-state index contributed by atoms with van der Waals surface area (Å²) in [4.78, 5) is 23.0. The predicted octanol–water partition coefficient (Wildman–Crippen LogP) is 3.46. The van der Waals surface area contributed by atoms with E-state index in [1.54, 1.807) is 30.3 Å². The van der Waals surface area contributed by atoms with Gasteiger partial charge in [0.2, 0.25) is 0 Å². The molecular weight excluding hydrogens is 373 g/mol. The van der Waals surface area contributed by atoms with Gasteiger partial charge in [0.15, 0.2) is 0 Å². The number of hydrogen-bond acceptors (Lipinski definition) is 5. The van der Waals surface area contributed by atoms with E-state index in [9.17, 15) is 19.1 Å². The summed E-state index contributed by atoms with van der Waals surface area (Å²) in [5, 5.41) is 25.1. The van der Waals surface area contributed by atoms with Crippen LogP contribution in [-0.4, -0.2) is 46.3 Å². The third-order valence-electron chi connectivity index (χ3n) is 2.92. The molecule has 3 N–H and O–H groups in total. The zero-order valence-electron chi connectivity index (χ0n) is 14.8. The molecule has 0 fully saturated rings. The number of hydrogen-bond donors (Lipinski definition) is 3. The van der Waals surface area contributed by atoms with Gasteiger partial charge in [0.25, 0.3) is 0 Å². The van der Waals surface area contributed by atoms with Crippen LogP contribution in [0.1, 0.15) is 5.56 Å². The SMILES string of the molecule is CN(C)Cc1cc(F)ccc1Sc1cccc(O)c1.O=C(O)/C=C\C(=O)O. The summed E-state index contributed by atoms with van der Waals surface area (Å²) in [7, 11) is 3.90. The van der Waals surface area contributed by atoms with Crippen LogP contribution in [-0.2, 0) is 16.1 Å². The van der Waals surface area contributed by atoms with Crippen LogP contribution in [0.15, 0.2) is 64.4 Å². The van der Waals surface area contributed by atoms with E-state index in [0.717, 1.165) is 15.4 Å². The second kappa shape index (κ2) is 11.0. The van der Waals surface area contributed by atoms with Crippen molar-refractivity contribution < 1.29 is 29.3 Å². The summed E-state index contributed by atoms with van der Waals surface area (Å²) in [5.74, 6) is -2.50. The molecule has 144 valence electrons. The van der Waals surface area contributed by atoms with Crippen molar-refractivity contribution in [2.24, 2.45) is 0 Å². The Kier molecular flexibility index (Phi) is 9.04. The highest BCUT2D eigenvalue weighted by atomic mass is 32.2. The third-order valence-corrected chi connectivity index (χ3v) is 4.03. The Morgan fingerprint density at radius 1 is 1.07 bits per heavy atom. The van der Waals surface area contributed by atoms with Crippen LogP contribution in [0, 0.1) is 5.82 Å². The molecule has 0 heterocycles. The number of nitrogens with zero attached hydrogens (tertiary/aromatic N) is 1. The van der Waals surface area contributed by atoms with Crippen molar-refractivity contribution in [2.75, 3.05) is 14.1 Å². The van der Waals surface area contributed by atoms with Gasteiger partial charge >= 0.3 is 11.9 Å². The quantitative estimate of drug-likeness (QED) is 0.647. The molecule has 2 rings (SSSR count). The zero-order chi connectivity index (χ0) is 20.4. The van der Waals surface area contributed by atoms with Crippen molar-refractivity contribution in [2.45, 2.75) is 16.3 Å². The van der Waals surface area contributed by atoms with Gasteiger partial charge in [-0.3, -0.25) is 0 Å². The van der Waals surface area contributed by atoms with Crippen molar-refractivity contribution >= 4 is 23.7 Å². The Balaban J connectivity index is 0.000000387. The van der Waals surface area contributed by atoms with Gasteiger partial charge in [-0.05, 0) is 56.1 Å². The number of aromatic hydroxyl groups is 1. The first-order valence-corrected chi connectivity index (χ1v) is 8.53. The van der Waals surface area contributed by atoms with Gasteiger partial charge in [-0.1, -0.05) is 17.8 Å². The van der Waals surface area contributed by atoms with E-state index in [1.807, 2.05) is 25.1 Å². The first-order valence-electron chi connectivity index (χ1n) is 7.71. The molecule has 0 spiro atoms. The van der Waals surface area contributed by atoms with Crippen LogP contribution in [0.25, 0.3) is 0 Å². The monoisotopic (exact) mass is 393 g/mol. The number of carboxylic acids is 2. The summed E-state index contributed by atoms with van der Waals surface area (Å²) in [6, 6.07) is 11.9. The highest BCUT2D eigenvalue weighted by Crippen LogP contribution is 2.32. The summed E-state index contributed by atoms with van der Waals surface area (Å²) >= 11 is 1.53. The molecule has 2 aromatic rings. The molecular formula is C19H20FNO5S. The average molecular weight is 393 g/mol. The van der Waals surface area contributed by atoms with Crippen molar-refractivity contribution in [3.63, 3.8) is 0 Å². The molecule has 0 radical (unpaired) electrons. The maximum absolute atomic E-state index is 13.3. The number of rotatable bonds is 6. The molecule has 0 atom stereocenters. The lowest BCUT2D eigenvalue weighted by atomic mass is 10.2. The van der Waals surface area contributed by atoms with Gasteiger partial charge in [0.05, 0.1) is 0 Å². The number of aliphatic carboxylic acids is 2. The highest BCUT2D eigenvalue weighted by Gasteiger charge is 2.07. The average Bonchev–Trinajstić information content (AvgIpc) is 2.56. The molecule has 6 nitrogen and oxygen atoms in total. The standard InChI is InChI=1S/C15H16FNOS.C4H4O4/c1-17(2)10-11-8-12(16)6-7-15(11)19-14-5-3-4-13(18)9-14;5-3(6)1-2-4(7)8/h3-9,18H,10H2,1-2H3;1-2H,(H,5,6)(H,7,8)/b;2-1-. The summed E-state index contributed by atoms with van der Waals surface area (Å²) in [5.41, 5.74) is 0.943. The molecule has 0 saturated carbocycles. The van der Waals surface area contributed by atoms with Crippen LogP contribution < -0.4 is 0 Å². The minimum Gasteiger partial charge on any atom is -0.508 e. The Morgan fingerprint density at radius 3 is 2.22 bits per heavy atom. The lowest BCUT2D eigenvalue weighted by Crippen LogP contribution is -2.11. The van der Waals surface area contributed by atoms with E-state index in [1.165, 1.54) is 17.8 Å². The molecule has 27 heavy (non-hydrogen) atoms. The maximum atomic E-state index is 13.3. The minimum atomic E-state index is -1.26. The molecule has 0 saturated heterocycles. The molecule has 8 heteroatoms. The number of phenols is 1. The first-order chi connectivity index (χ1) is 12.7. The molecule has 0 aliphatic rings. The fourth-order valence-electron chi connectivity index (χ4n) is 1.93. The zero-order valence-corrected chi connectivity index (χ0v) is 15.6. The van der Waals surface area contributed by atoms with Gasteiger partial charge in [0, 0.05) is 28.5 Å². The van der Waals surface area contributed by atoms with Crippen molar-refractivity contribution in [1.82, 2.24) is 4.90 Å². The van der Waals surface area contributed by atoms with Crippen LogP contribution >= 0.6 is 11.8 Å². The van der Waals surface area contributed by atoms with E-state index < -0.39 is 11.9 Å². The van der Waals surface area contributed by atoms with Crippen LogP contribution in [0.2, 0.25) is 0 Å². The van der Waals surface area contributed by atoms with Crippen molar-refractivity contribution in [1.29, 1.82) is 0 Å². The van der Waals surface area contributed by atoms with E-state index in [0.29, 0.717) is 18.7 Å². The van der Waals surface area contributed by atoms with Gasteiger partial charge in [-0.2, -0.15) is 0 Å². The van der Waals surface area contributed by atoms with Crippen LogP contribution in [0.5, 0.6) is 5.75 Å². The molecule has 0 amide bonds. The number of phenolic OH excluding ortho intramolecular Hbond substituents is 1. The van der Waals surface area contributed by atoms with E-state index in [2.05, 4.69) is 0 Å². The third kappa shape index (κ3) is 9.43. The Bertz CT molecular complexity index is 807. The number of carbonyl (C=O) groups is 2. The van der Waals surface area contributed by atoms with Gasteiger partial charge < -0.3 is 20.2 Å². The summed E-state index contributed by atoms with van der Waals surface area (Å²) in [6.45, 7) is 0.679. The second-order valence-corrected chi connectivity index (χ2v) is 6.71. The Hall–Kier alpha value is -2.84. The summed E-state index contributed by atoms with van der Waals surface area (Å²) < 4.78 is 13.3. The van der Waals surface area contributed by atoms with Crippen molar-refractivity contribution in [3.05, 3.63) is 66.0 Å². The molecule has 2 aromatic carbocycles. The lowest BCUT2D eigenvalue weighted by molar-refractivity contribution is -0.134. The molecule has 0 aromatic heterocycles. The summed E-state index contributed by atoms with van der Waals surface area (Å²) in [6.07, 6.45) is 1.12. The Labute approximate surface area is 160 Å². The van der Waals surface area contributed by atoms with Crippen LogP contribution in [0.3, 0.4) is 0 Å². The molecule has 0 aliphatic heterocycles. The number of halogens is 1. The van der Waals surface area contributed by atoms with Gasteiger partial charge in [0.1, 0.15) is 11.6 Å². The van der Waals surface area contributed by atoms with Gasteiger partial charge in [-0.25, -0.2) is 14.0 Å². The molecule has 0 aliphatic carbocycles. The normalized spacial score (nSPS) is 10.5. The fourth-order valence-corrected chi connectivity index (χ4v) is 2.90. The van der Waals surface area contributed by atoms with E-state index in [-0.39, 0.29) is 11.6 Å². The first kappa shape index (κ1) is 22.2. The van der Waals surface area contributed by atoms with Crippen LogP contribution in [0.4, 0.5) is 4.39 Å². The molecule has 0 bridgehead atoms. The van der Waals surface area contributed by atoms with Gasteiger partial charge in [-0.15, -0.1) is 0 Å². The fraction of sp³-hybridized carbons (Fsp3) is 0.158. The topological polar surface area (TPSA) is 98.1 Å².